The van der Waals surface area contributed by atoms with E-state index in [4.69, 9.17) is 9.72 Å². The summed E-state index contributed by atoms with van der Waals surface area (Å²) in [7, 11) is 1.66. The summed E-state index contributed by atoms with van der Waals surface area (Å²) >= 11 is 0. The summed E-state index contributed by atoms with van der Waals surface area (Å²) in [5.41, 5.74) is 2.02. The summed E-state index contributed by atoms with van der Waals surface area (Å²) in [6.45, 7) is 1.68. The Balaban J connectivity index is 1.49. The van der Waals surface area contributed by atoms with E-state index in [1.807, 2.05) is 36.5 Å². The van der Waals surface area contributed by atoms with Crippen molar-refractivity contribution in [2.45, 2.75) is 44.4 Å². The number of hydrogen-bond acceptors (Lipinski definition) is 4. The van der Waals surface area contributed by atoms with Crippen molar-refractivity contribution < 1.29 is 9.53 Å². The van der Waals surface area contributed by atoms with Crippen LogP contribution in [0.2, 0.25) is 0 Å². The molecule has 1 aromatic heterocycles. The van der Waals surface area contributed by atoms with E-state index in [-0.39, 0.29) is 5.92 Å². The lowest BCUT2D eigenvalue weighted by Gasteiger charge is -2.34. The molecule has 1 amide bonds. The van der Waals surface area contributed by atoms with Crippen LogP contribution >= 0.6 is 0 Å². The molecule has 2 aromatic rings. The van der Waals surface area contributed by atoms with Crippen LogP contribution in [0.15, 0.2) is 36.5 Å². The van der Waals surface area contributed by atoms with Crippen LogP contribution in [-0.4, -0.2) is 41.0 Å². The predicted octanol–water partition coefficient (Wildman–Crippen LogP) is 4.05. The largest absolute Gasteiger partial charge is 0.497 e. The zero-order valence-electron chi connectivity index (χ0n) is 15.9. The molecule has 2 aliphatic rings. The number of piperidine rings is 1. The first-order valence-electron chi connectivity index (χ1n) is 10.0. The smallest absolute Gasteiger partial charge is 0.225 e. The molecule has 2 heterocycles. The van der Waals surface area contributed by atoms with Crippen molar-refractivity contribution in [3.8, 4) is 17.1 Å². The number of aromatic nitrogens is 2. The van der Waals surface area contributed by atoms with Crippen LogP contribution in [0.3, 0.4) is 0 Å². The first kappa shape index (κ1) is 18.0. The molecule has 5 nitrogen and oxygen atoms in total. The van der Waals surface area contributed by atoms with Gasteiger partial charge in [0.1, 0.15) is 5.75 Å². The normalized spacial score (nSPS) is 20.6. The minimum Gasteiger partial charge on any atom is -0.497 e. The van der Waals surface area contributed by atoms with E-state index in [9.17, 15) is 4.79 Å². The molecule has 0 unspecified atom stereocenters. The highest BCUT2D eigenvalue weighted by molar-refractivity contribution is 5.79. The third-order valence-corrected chi connectivity index (χ3v) is 5.88. The lowest BCUT2D eigenvalue weighted by Crippen LogP contribution is -2.42. The van der Waals surface area contributed by atoms with E-state index in [1.165, 1.54) is 12.8 Å². The maximum Gasteiger partial charge on any atom is 0.225 e. The number of hydrogen-bond donors (Lipinski definition) is 0. The highest BCUT2D eigenvalue weighted by Crippen LogP contribution is 2.31. The summed E-state index contributed by atoms with van der Waals surface area (Å²) in [5.74, 6) is 2.47. The average Bonchev–Trinajstić information content (AvgIpc) is 3.28. The number of likely N-dealkylation sites (tertiary alicyclic amines) is 1. The minimum absolute atomic E-state index is 0.254. The van der Waals surface area contributed by atoms with E-state index in [1.54, 1.807) is 7.11 Å². The molecule has 142 valence electrons. The van der Waals surface area contributed by atoms with Crippen molar-refractivity contribution in [1.29, 1.82) is 0 Å². The minimum atomic E-state index is 0.254. The molecular formula is C22H27N3O2. The van der Waals surface area contributed by atoms with Gasteiger partial charge in [0.15, 0.2) is 5.82 Å². The van der Waals surface area contributed by atoms with Crippen LogP contribution in [0.1, 0.15) is 50.1 Å². The lowest BCUT2D eigenvalue weighted by atomic mass is 9.93. The highest BCUT2D eigenvalue weighted by atomic mass is 16.5. The number of carbonyl (C=O) groups is 1. The van der Waals surface area contributed by atoms with Crippen molar-refractivity contribution >= 4 is 5.91 Å². The summed E-state index contributed by atoms with van der Waals surface area (Å²) in [6, 6.07) is 9.81. The van der Waals surface area contributed by atoms with E-state index in [2.05, 4.69) is 9.88 Å². The molecule has 1 aromatic carbocycles. The number of amides is 1. The molecule has 0 spiro atoms. The average molecular weight is 365 g/mol. The molecular weight excluding hydrogens is 338 g/mol. The monoisotopic (exact) mass is 365 g/mol. The van der Waals surface area contributed by atoms with Gasteiger partial charge >= 0.3 is 0 Å². The van der Waals surface area contributed by atoms with Crippen LogP contribution in [0.4, 0.5) is 0 Å². The van der Waals surface area contributed by atoms with Gasteiger partial charge in [-0.3, -0.25) is 4.79 Å². The van der Waals surface area contributed by atoms with Crippen molar-refractivity contribution in [2.75, 3.05) is 20.2 Å². The molecule has 1 saturated carbocycles. The molecule has 1 saturated heterocycles. The number of carbonyl (C=O) groups excluding carboxylic acids is 1. The predicted molar refractivity (Wildman–Crippen MR) is 105 cm³/mol. The molecule has 0 N–H and O–H groups in total. The zero-order valence-corrected chi connectivity index (χ0v) is 15.9. The fourth-order valence-electron chi connectivity index (χ4n) is 4.33. The van der Waals surface area contributed by atoms with Crippen LogP contribution in [0.25, 0.3) is 11.4 Å². The quantitative estimate of drug-likeness (QED) is 0.820. The summed E-state index contributed by atoms with van der Waals surface area (Å²) < 4.78 is 5.22. The Labute approximate surface area is 160 Å². The molecule has 27 heavy (non-hydrogen) atoms. The van der Waals surface area contributed by atoms with Crippen LogP contribution in [0.5, 0.6) is 5.75 Å². The van der Waals surface area contributed by atoms with E-state index >= 15 is 0 Å². The van der Waals surface area contributed by atoms with E-state index < -0.39 is 0 Å². The molecule has 0 bridgehead atoms. The van der Waals surface area contributed by atoms with Crippen molar-refractivity contribution in [1.82, 2.24) is 14.9 Å². The summed E-state index contributed by atoms with van der Waals surface area (Å²) in [5, 5.41) is 0. The topological polar surface area (TPSA) is 55.3 Å². The van der Waals surface area contributed by atoms with Gasteiger partial charge in [0.05, 0.1) is 7.11 Å². The Bertz CT molecular complexity index is 784. The number of methoxy groups -OCH3 is 1. The van der Waals surface area contributed by atoms with Crippen molar-refractivity contribution in [2.24, 2.45) is 5.92 Å². The zero-order chi connectivity index (χ0) is 18.6. The first-order chi connectivity index (χ1) is 13.2. The fourth-order valence-corrected chi connectivity index (χ4v) is 4.33. The Morgan fingerprint density at radius 3 is 2.59 bits per heavy atom. The van der Waals surface area contributed by atoms with Gasteiger partial charge in [0.25, 0.3) is 0 Å². The first-order valence-corrected chi connectivity index (χ1v) is 10.0. The van der Waals surface area contributed by atoms with Gasteiger partial charge in [-0.2, -0.15) is 0 Å². The molecule has 4 rings (SSSR count). The summed E-state index contributed by atoms with van der Waals surface area (Å²) in [6.07, 6.45) is 8.48. The second-order valence-corrected chi connectivity index (χ2v) is 7.64. The third kappa shape index (κ3) is 3.97. The molecule has 0 radical (unpaired) electrons. The SMILES string of the molecule is COc1ccc(-c2nccc([C@H]3CCCN(C(=O)C4CCCC4)C3)n2)cc1. The van der Waals surface area contributed by atoms with Gasteiger partial charge in [0.2, 0.25) is 5.91 Å². The van der Waals surface area contributed by atoms with E-state index in [0.717, 1.165) is 61.6 Å². The van der Waals surface area contributed by atoms with E-state index in [0.29, 0.717) is 11.8 Å². The maximum absolute atomic E-state index is 12.8. The number of rotatable bonds is 4. The second kappa shape index (κ2) is 8.07. The standard InChI is InChI=1S/C22H27N3O2/c1-27-19-10-8-16(9-11-19)21-23-13-12-20(24-21)18-7-4-14-25(15-18)22(26)17-5-2-3-6-17/h8-13,17-18H,2-7,14-15H2,1H3/t18-/m0/s1. The Hall–Kier alpha value is -2.43. The Morgan fingerprint density at radius 1 is 1.07 bits per heavy atom. The van der Waals surface area contributed by atoms with Crippen molar-refractivity contribution in [3.63, 3.8) is 0 Å². The second-order valence-electron chi connectivity index (χ2n) is 7.64. The van der Waals surface area contributed by atoms with Gasteiger partial charge in [-0.05, 0) is 56.0 Å². The van der Waals surface area contributed by atoms with Crippen LogP contribution < -0.4 is 4.74 Å². The molecule has 5 heteroatoms. The number of ether oxygens (including phenoxy) is 1. The molecule has 2 fully saturated rings. The van der Waals surface area contributed by atoms with Gasteiger partial charge in [-0.15, -0.1) is 0 Å². The fraction of sp³-hybridized carbons (Fsp3) is 0.500. The molecule has 1 atom stereocenters. The highest BCUT2D eigenvalue weighted by Gasteiger charge is 2.31. The molecule has 1 aliphatic heterocycles. The van der Waals surface area contributed by atoms with Crippen molar-refractivity contribution in [3.05, 3.63) is 42.2 Å². The van der Waals surface area contributed by atoms with Gasteiger partial charge in [0, 0.05) is 42.4 Å². The lowest BCUT2D eigenvalue weighted by molar-refractivity contribution is -0.136. The third-order valence-electron chi connectivity index (χ3n) is 5.88. The maximum atomic E-state index is 12.8. The van der Waals surface area contributed by atoms with Crippen LogP contribution in [0, 0.1) is 5.92 Å². The number of nitrogens with zero attached hydrogens (tertiary/aromatic N) is 3. The number of benzene rings is 1. The van der Waals surface area contributed by atoms with Gasteiger partial charge < -0.3 is 9.64 Å². The Kier molecular flexibility index (Phi) is 5.37. The van der Waals surface area contributed by atoms with Gasteiger partial charge in [-0.25, -0.2) is 9.97 Å². The summed E-state index contributed by atoms with van der Waals surface area (Å²) in [4.78, 5) is 24.2. The van der Waals surface area contributed by atoms with Gasteiger partial charge in [-0.1, -0.05) is 12.8 Å². The Morgan fingerprint density at radius 2 is 1.85 bits per heavy atom. The van der Waals surface area contributed by atoms with Crippen LogP contribution in [-0.2, 0) is 4.79 Å². The molecule has 1 aliphatic carbocycles.